The molecule has 1 fully saturated rings. The van der Waals surface area contributed by atoms with Gasteiger partial charge in [-0.05, 0) is 25.0 Å². The van der Waals surface area contributed by atoms with Crippen LogP contribution in [0.5, 0.6) is 5.75 Å². The van der Waals surface area contributed by atoms with Crippen molar-refractivity contribution in [3.05, 3.63) is 23.8 Å². The number of piperidine rings is 1. The Morgan fingerprint density at radius 3 is 2.71 bits per heavy atom. The minimum Gasteiger partial charge on any atom is -0.496 e. The SMILES string of the molecule is COc1cccc(N2CCC(O)CC2)c1CN. The summed E-state index contributed by atoms with van der Waals surface area (Å²) in [6.07, 6.45) is 1.49. The van der Waals surface area contributed by atoms with Crippen LogP contribution >= 0.6 is 0 Å². The first kappa shape index (κ1) is 12.2. The van der Waals surface area contributed by atoms with Gasteiger partial charge in [0.05, 0.1) is 13.2 Å². The van der Waals surface area contributed by atoms with Crippen molar-refractivity contribution >= 4 is 5.69 Å². The molecule has 0 atom stereocenters. The molecule has 0 radical (unpaired) electrons. The Bertz CT molecular complexity index is 374. The van der Waals surface area contributed by atoms with Gasteiger partial charge < -0.3 is 20.5 Å². The maximum atomic E-state index is 9.53. The van der Waals surface area contributed by atoms with E-state index in [0.29, 0.717) is 6.54 Å². The van der Waals surface area contributed by atoms with E-state index in [1.807, 2.05) is 12.1 Å². The van der Waals surface area contributed by atoms with E-state index in [1.165, 1.54) is 0 Å². The molecule has 1 saturated heterocycles. The summed E-state index contributed by atoms with van der Waals surface area (Å²) < 4.78 is 5.33. The smallest absolute Gasteiger partial charge is 0.125 e. The maximum absolute atomic E-state index is 9.53. The summed E-state index contributed by atoms with van der Waals surface area (Å²) in [5.41, 5.74) is 7.99. The Balaban J connectivity index is 2.25. The Hall–Kier alpha value is -1.26. The van der Waals surface area contributed by atoms with E-state index in [0.717, 1.165) is 42.9 Å². The number of aliphatic hydroxyl groups is 1. The van der Waals surface area contributed by atoms with Crippen molar-refractivity contribution < 1.29 is 9.84 Å². The van der Waals surface area contributed by atoms with E-state index >= 15 is 0 Å². The molecule has 1 heterocycles. The summed E-state index contributed by atoms with van der Waals surface area (Å²) >= 11 is 0. The normalized spacial score (nSPS) is 17.2. The van der Waals surface area contributed by atoms with Gasteiger partial charge in [-0.3, -0.25) is 0 Å². The lowest BCUT2D eigenvalue weighted by Gasteiger charge is -2.33. The molecule has 0 unspecified atom stereocenters. The number of aliphatic hydroxyl groups excluding tert-OH is 1. The average Bonchev–Trinajstić information content (AvgIpc) is 2.38. The van der Waals surface area contributed by atoms with Gasteiger partial charge in [-0.25, -0.2) is 0 Å². The topological polar surface area (TPSA) is 58.7 Å². The molecule has 2 rings (SSSR count). The number of rotatable bonds is 3. The zero-order valence-electron chi connectivity index (χ0n) is 10.2. The first-order valence-corrected chi connectivity index (χ1v) is 6.05. The zero-order chi connectivity index (χ0) is 12.3. The van der Waals surface area contributed by atoms with E-state index < -0.39 is 0 Å². The zero-order valence-corrected chi connectivity index (χ0v) is 10.2. The van der Waals surface area contributed by atoms with Gasteiger partial charge in [0.25, 0.3) is 0 Å². The number of hydrogen-bond donors (Lipinski definition) is 2. The molecule has 1 aliphatic rings. The van der Waals surface area contributed by atoms with Crippen LogP contribution in [-0.4, -0.2) is 31.4 Å². The molecule has 0 amide bonds. The van der Waals surface area contributed by atoms with Crippen molar-refractivity contribution in [2.45, 2.75) is 25.5 Å². The summed E-state index contributed by atoms with van der Waals surface area (Å²) in [6.45, 7) is 2.22. The lowest BCUT2D eigenvalue weighted by atomic mass is 10.0. The minimum absolute atomic E-state index is 0.154. The van der Waals surface area contributed by atoms with E-state index in [2.05, 4.69) is 11.0 Å². The molecule has 0 aliphatic carbocycles. The first-order chi connectivity index (χ1) is 8.26. The molecule has 0 bridgehead atoms. The first-order valence-electron chi connectivity index (χ1n) is 6.05. The highest BCUT2D eigenvalue weighted by Gasteiger charge is 2.20. The van der Waals surface area contributed by atoms with E-state index in [1.54, 1.807) is 7.11 Å². The molecule has 3 N–H and O–H groups in total. The summed E-state index contributed by atoms with van der Waals surface area (Å²) in [5, 5.41) is 9.53. The van der Waals surface area contributed by atoms with E-state index in [9.17, 15) is 5.11 Å². The molecule has 4 heteroatoms. The van der Waals surface area contributed by atoms with Crippen LogP contribution in [0.25, 0.3) is 0 Å². The van der Waals surface area contributed by atoms with Crippen molar-refractivity contribution in [1.82, 2.24) is 0 Å². The standard InChI is InChI=1S/C13H20N2O2/c1-17-13-4-2-3-12(11(13)9-14)15-7-5-10(16)6-8-15/h2-4,10,16H,5-9,14H2,1H3. The summed E-state index contributed by atoms with van der Waals surface area (Å²) in [7, 11) is 1.66. The largest absolute Gasteiger partial charge is 0.496 e. The Morgan fingerprint density at radius 1 is 1.41 bits per heavy atom. The highest BCUT2D eigenvalue weighted by atomic mass is 16.5. The number of ether oxygens (including phenoxy) is 1. The van der Waals surface area contributed by atoms with Gasteiger partial charge >= 0.3 is 0 Å². The third-order valence-electron chi connectivity index (χ3n) is 3.34. The Labute approximate surface area is 102 Å². The molecular weight excluding hydrogens is 216 g/mol. The van der Waals surface area contributed by atoms with Crippen LogP contribution in [0.15, 0.2) is 18.2 Å². The van der Waals surface area contributed by atoms with Crippen LogP contribution in [0.3, 0.4) is 0 Å². The molecule has 17 heavy (non-hydrogen) atoms. The number of nitrogens with zero attached hydrogens (tertiary/aromatic N) is 1. The second-order valence-electron chi connectivity index (χ2n) is 4.38. The number of methoxy groups -OCH3 is 1. The third kappa shape index (κ3) is 2.53. The Morgan fingerprint density at radius 2 is 2.12 bits per heavy atom. The third-order valence-corrected chi connectivity index (χ3v) is 3.34. The number of anilines is 1. The van der Waals surface area contributed by atoms with Crippen molar-refractivity contribution in [2.24, 2.45) is 5.73 Å². The monoisotopic (exact) mass is 236 g/mol. The fourth-order valence-electron chi connectivity index (χ4n) is 2.35. The summed E-state index contributed by atoms with van der Waals surface area (Å²) in [4.78, 5) is 2.28. The van der Waals surface area contributed by atoms with Gasteiger partial charge in [0.1, 0.15) is 5.75 Å². The minimum atomic E-state index is -0.154. The molecule has 1 aliphatic heterocycles. The molecule has 1 aromatic rings. The van der Waals surface area contributed by atoms with Gasteiger partial charge in [-0.2, -0.15) is 0 Å². The Kier molecular flexibility index (Phi) is 3.86. The van der Waals surface area contributed by atoms with Crippen molar-refractivity contribution in [2.75, 3.05) is 25.1 Å². The highest BCUT2D eigenvalue weighted by Crippen LogP contribution is 2.30. The molecular formula is C13H20N2O2. The summed E-state index contributed by atoms with van der Waals surface area (Å²) in [5.74, 6) is 0.844. The van der Waals surface area contributed by atoms with Crippen LogP contribution < -0.4 is 15.4 Å². The van der Waals surface area contributed by atoms with Gasteiger partial charge in [0.15, 0.2) is 0 Å². The van der Waals surface area contributed by atoms with Crippen molar-refractivity contribution in [3.8, 4) is 5.75 Å². The van der Waals surface area contributed by atoms with Crippen molar-refractivity contribution in [3.63, 3.8) is 0 Å². The van der Waals surface area contributed by atoms with Gasteiger partial charge in [-0.15, -0.1) is 0 Å². The number of hydrogen-bond acceptors (Lipinski definition) is 4. The molecule has 0 aromatic heterocycles. The molecule has 0 saturated carbocycles. The lowest BCUT2D eigenvalue weighted by Crippen LogP contribution is -2.36. The molecule has 0 spiro atoms. The molecule has 94 valence electrons. The fourth-order valence-corrected chi connectivity index (χ4v) is 2.35. The second-order valence-corrected chi connectivity index (χ2v) is 4.38. The number of benzene rings is 1. The number of nitrogens with two attached hydrogens (primary N) is 1. The van der Waals surface area contributed by atoms with Gasteiger partial charge in [0, 0.05) is 30.9 Å². The highest BCUT2D eigenvalue weighted by molar-refractivity contribution is 5.59. The lowest BCUT2D eigenvalue weighted by molar-refractivity contribution is 0.145. The van der Waals surface area contributed by atoms with Crippen LogP contribution in [0, 0.1) is 0 Å². The molecule has 4 nitrogen and oxygen atoms in total. The van der Waals surface area contributed by atoms with Gasteiger partial charge in [-0.1, -0.05) is 6.07 Å². The maximum Gasteiger partial charge on any atom is 0.125 e. The summed E-state index contributed by atoms with van der Waals surface area (Å²) in [6, 6.07) is 5.99. The fraction of sp³-hybridized carbons (Fsp3) is 0.538. The quantitative estimate of drug-likeness (QED) is 0.825. The second kappa shape index (κ2) is 5.38. The predicted octanol–water partition coefficient (Wildman–Crippen LogP) is 1.11. The van der Waals surface area contributed by atoms with E-state index in [4.69, 9.17) is 10.5 Å². The molecule has 1 aromatic carbocycles. The van der Waals surface area contributed by atoms with Crippen LogP contribution in [0.4, 0.5) is 5.69 Å². The predicted molar refractivity (Wildman–Crippen MR) is 68.3 cm³/mol. The van der Waals surface area contributed by atoms with Crippen LogP contribution in [0.1, 0.15) is 18.4 Å². The van der Waals surface area contributed by atoms with Crippen molar-refractivity contribution in [1.29, 1.82) is 0 Å². The van der Waals surface area contributed by atoms with E-state index in [-0.39, 0.29) is 6.10 Å². The van der Waals surface area contributed by atoms with Crippen LogP contribution in [-0.2, 0) is 6.54 Å². The van der Waals surface area contributed by atoms with Gasteiger partial charge in [0.2, 0.25) is 0 Å². The van der Waals surface area contributed by atoms with Crippen LogP contribution in [0.2, 0.25) is 0 Å². The average molecular weight is 236 g/mol.